The highest BCUT2D eigenvalue weighted by Crippen LogP contribution is 2.29. The predicted molar refractivity (Wildman–Crippen MR) is 82.5 cm³/mol. The van der Waals surface area contributed by atoms with Crippen LogP contribution < -0.4 is 10.6 Å². The number of aromatic nitrogens is 2. The standard InChI is InChI=1S/C15H15F3N4O3/c16-15(17,18)10-3-5-12(6-4-10)22-9-11(8-20-22)21-14(25)19-7-1-2-13(23)24/h3-6,8-9H,1-2,7H2,(H,23,24)(H2,19,21,25). The highest BCUT2D eigenvalue weighted by molar-refractivity contribution is 5.88. The van der Waals surface area contributed by atoms with E-state index >= 15 is 0 Å². The predicted octanol–water partition coefficient (Wildman–Crippen LogP) is 2.88. The van der Waals surface area contributed by atoms with Crippen LogP contribution in [0.25, 0.3) is 5.69 Å². The first-order valence-corrected chi connectivity index (χ1v) is 7.24. The first-order chi connectivity index (χ1) is 11.8. The topological polar surface area (TPSA) is 96.2 Å². The number of hydrogen-bond acceptors (Lipinski definition) is 3. The van der Waals surface area contributed by atoms with Crippen LogP contribution >= 0.6 is 0 Å². The lowest BCUT2D eigenvalue weighted by molar-refractivity contribution is -0.138. The largest absolute Gasteiger partial charge is 0.481 e. The van der Waals surface area contributed by atoms with Crippen molar-refractivity contribution >= 4 is 17.7 Å². The number of amides is 2. The number of hydrogen-bond donors (Lipinski definition) is 3. The Morgan fingerprint density at radius 3 is 2.48 bits per heavy atom. The number of carboxylic acids is 1. The SMILES string of the molecule is O=C(O)CCCNC(=O)Nc1cnn(-c2ccc(C(F)(F)F)cc2)c1. The van der Waals surface area contributed by atoms with Gasteiger partial charge in [0.1, 0.15) is 0 Å². The summed E-state index contributed by atoms with van der Waals surface area (Å²) >= 11 is 0. The average Bonchev–Trinajstić information content (AvgIpc) is 2.99. The van der Waals surface area contributed by atoms with E-state index in [0.717, 1.165) is 12.1 Å². The lowest BCUT2D eigenvalue weighted by Crippen LogP contribution is -2.29. The van der Waals surface area contributed by atoms with Crippen molar-refractivity contribution in [3.8, 4) is 5.69 Å². The monoisotopic (exact) mass is 356 g/mol. The van der Waals surface area contributed by atoms with E-state index in [9.17, 15) is 22.8 Å². The molecule has 0 aliphatic rings. The fourth-order valence-electron chi connectivity index (χ4n) is 1.95. The van der Waals surface area contributed by atoms with Gasteiger partial charge in [0.25, 0.3) is 0 Å². The molecular weight excluding hydrogens is 341 g/mol. The second kappa shape index (κ2) is 7.69. The summed E-state index contributed by atoms with van der Waals surface area (Å²) in [5.41, 5.74) is -0.0129. The second-order valence-corrected chi connectivity index (χ2v) is 5.10. The molecule has 134 valence electrons. The van der Waals surface area contributed by atoms with Gasteiger partial charge in [-0.25, -0.2) is 9.48 Å². The molecule has 2 amide bonds. The number of anilines is 1. The Balaban J connectivity index is 1.91. The Morgan fingerprint density at radius 1 is 1.20 bits per heavy atom. The third-order valence-corrected chi connectivity index (χ3v) is 3.15. The van der Waals surface area contributed by atoms with E-state index in [1.54, 1.807) is 0 Å². The van der Waals surface area contributed by atoms with Gasteiger partial charge in [0, 0.05) is 13.0 Å². The third-order valence-electron chi connectivity index (χ3n) is 3.15. The smallest absolute Gasteiger partial charge is 0.416 e. The summed E-state index contributed by atoms with van der Waals surface area (Å²) in [7, 11) is 0. The summed E-state index contributed by atoms with van der Waals surface area (Å²) in [5.74, 6) is -0.944. The molecule has 7 nitrogen and oxygen atoms in total. The Labute approximate surface area is 140 Å². The van der Waals surface area contributed by atoms with Crippen molar-refractivity contribution in [3.63, 3.8) is 0 Å². The fraction of sp³-hybridized carbons (Fsp3) is 0.267. The molecule has 0 aliphatic carbocycles. The molecule has 1 aromatic carbocycles. The molecule has 2 rings (SSSR count). The molecular formula is C15H15F3N4O3. The highest BCUT2D eigenvalue weighted by atomic mass is 19.4. The van der Waals surface area contributed by atoms with Crippen LogP contribution in [0.5, 0.6) is 0 Å². The number of benzene rings is 1. The summed E-state index contributed by atoms with van der Waals surface area (Å²) < 4.78 is 38.9. The molecule has 0 radical (unpaired) electrons. The lowest BCUT2D eigenvalue weighted by atomic mass is 10.2. The van der Waals surface area contributed by atoms with Crippen LogP contribution in [0.4, 0.5) is 23.7 Å². The number of aliphatic carboxylic acids is 1. The number of alkyl halides is 3. The van der Waals surface area contributed by atoms with Crippen molar-refractivity contribution in [1.82, 2.24) is 15.1 Å². The van der Waals surface area contributed by atoms with Gasteiger partial charge < -0.3 is 15.7 Å². The summed E-state index contributed by atoms with van der Waals surface area (Å²) in [5, 5.41) is 17.4. The molecule has 2 aromatic rings. The van der Waals surface area contributed by atoms with Crippen molar-refractivity contribution in [1.29, 1.82) is 0 Å². The quantitative estimate of drug-likeness (QED) is 0.694. The summed E-state index contributed by atoms with van der Waals surface area (Å²) in [6, 6.07) is 3.90. The van der Waals surface area contributed by atoms with Crippen molar-refractivity contribution in [2.24, 2.45) is 0 Å². The molecule has 0 bridgehead atoms. The summed E-state index contributed by atoms with van der Waals surface area (Å²) in [4.78, 5) is 22.0. The van der Waals surface area contributed by atoms with E-state index in [-0.39, 0.29) is 13.0 Å². The maximum Gasteiger partial charge on any atom is 0.416 e. The number of urea groups is 1. The summed E-state index contributed by atoms with van der Waals surface area (Å²) in [6.07, 6.45) is -1.37. The average molecular weight is 356 g/mol. The van der Waals surface area contributed by atoms with Crippen LogP contribution in [-0.4, -0.2) is 33.4 Å². The van der Waals surface area contributed by atoms with Crippen molar-refractivity contribution in [3.05, 3.63) is 42.2 Å². The van der Waals surface area contributed by atoms with Crippen LogP contribution in [0.15, 0.2) is 36.7 Å². The molecule has 0 saturated carbocycles. The van der Waals surface area contributed by atoms with Gasteiger partial charge in [-0.05, 0) is 30.7 Å². The number of carbonyl (C=O) groups is 2. The maximum absolute atomic E-state index is 12.5. The zero-order chi connectivity index (χ0) is 18.4. The number of nitrogens with one attached hydrogen (secondary N) is 2. The Morgan fingerprint density at radius 2 is 1.88 bits per heavy atom. The third kappa shape index (κ3) is 5.52. The van der Waals surface area contributed by atoms with Crippen molar-refractivity contribution in [2.75, 3.05) is 11.9 Å². The minimum atomic E-state index is -4.41. The molecule has 0 unspecified atom stereocenters. The fourth-order valence-corrected chi connectivity index (χ4v) is 1.95. The van der Waals surface area contributed by atoms with Gasteiger partial charge in [-0.3, -0.25) is 4.79 Å². The van der Waals surface area contributed by atoms with Crippen LogP contribution in [0.1, 0.15) is 18.4 Å². The zero-order valence-electron chi connectivity index (χ0n) is 12.9. The lowest BCUT2D eigenvalue weighted by Gasteiger charge is -2.07. The first kappa shape index (κ1) is 18.3. The molecule has 3 N–H and O–H groups in total. The maximum atomic E-state index is 12.5. The Kier molecular flexibility index (Phi) is 5.63. The Bertz CT molecular complexity index is 741. The van der Waals surface area contributed by atoms with Crippen molar-refractivity contribution < 1.29 is 27.9 Å². The second-order valence-electron chi connectivity index (χ2n) is 5.10. The number of carboxylic acid groups (broad SMARTS) is 1. The zero-order valence-corrected chi connectivity index (χ0v) is 12.9. The number of nitrogens with zero attached hydrogens (tertiary/aromatic N) is 2. The molecule has 0 saturated heterocycles. The van der Waals surface area contributed by atoms with Crippen molar-refractivity contribution in [2.45, 2.75) is 19.0 Å². The normalized spacial score (nSPS) is 11.2. The van der Waals surface area contributed by atoms with Gasteiger partial charge in [0.15, 0.2) is 0 Å². The van der Waals surface area contributed by atoms with Gasteiger partial charge in [-0.2, -0.15) is 18.3 Å². The van der Waals surface area contributed by atoms with E-state index in [2.05, 4.69) is 15.7 Å². The number of halogens is 3. The van der Waals surface area contributed by atoms with Gasteiger partial charge in [-0.1, -0.05) is 0 Å². The van der Waals surface area contributed by atoms with E-state index in [1.165, 1.54) is 29.2 Å². The molecule has 25 heavy (non-hydrogen) atoms. The molecule has 0 fully saturated rings. The van der Waals surface area contributed by atoms with Crippen LogP contribution in [0.2, 0.25) is 0 Å². The van der Waals surface area contributed by atoms with Crippen LogP contribution in [0.3, 0.4) is 0 Å². The minimum absolute atomic E-state index is 0.0495. The van der Waals surface area contributed by atoms with E-state index in [0.29, 0.717) is 17.8 Å². The molecule has 0 spiro atoms. The number of carbonyl (C=O) groups excluding carboxylic acids is 1. The number of rotatable bonds is 6. The van der Waals surface area contributed by atoms with E-state index < -0.39 is 23.7 Å². The molecule has 10 heteroatoms. The van der Waals surface area contributed by atoms with Gasteiger partial charge >= 0.3 is 18.2 Å². The van der Waals surface area contributed by atoms with E-state index in [4.69, 9.17) is 5.11 Å². The molecule has 1 aromatic heterocycles. The highest BCUT2D eigenvalue weighted by Gasteiger charge is 2.30. The van der Waals surface area contributed by atoms with E-state index in [1.807, 2.05) is 0 Å². The first-order valence-electron chi connectivity index (χ1n) is 7.24. The molecule has 1 heterocycles. The summed E-state index contributed by atoms with van der Waals surface area (Å²) in [6.45, 7) is 0.200. The molecule has 0 atom stereocenters. The minimum Gasteiger partial charge on any atom is -0.481 e. The van der Waals surface area contributed by atoms with Crippen LogP contribution in [0, 0.1) is 0 Å². The molecule has 0 aliphatic heterocycles. The van der Waals surface area contributed by atoms with Crippen LogP contribution in [-0.2, 0) is 11.0 Å². The van der Waals surface area contributed by atoms with Gasteiger partial charge in [-0.15, -0.1) is 0 Å². The Hall–Kier alpha value is -3.04. The van der Waals surface area contributed by atoms with Gasteiger partial charge in [0.2, 0.25) is 0 Å². The van der Waals surface area contributed by atoms with Gasteiger partial charge in [0.05, 0.1) is 29.3 Å².